The van der Waals surface area contributed by atoms with Gasteiger partial charge in [0.2, 0.25) is 12.1 Å². The highest BCUT2D eigenvalue weighted by Gasteiger charge is 2.60. The minimum atomic E-state index is -2.51. The average molecular weight is 567 g/mol. The van der Waals surface area contributed by atoms with Gasteiger partial charge >= 0.3 is 0 Å². The number of nitrogens with zero attached hydrogens (tertiary/aromatic N) is 2. The summed E-state index contributed by atoms with van der Waals surface area (Å²) in [6.07, 6.45) is -19.6. The van der Waals surface area contributed by atoms with Crippen LogP contribution in [0.25, 0.3) is 0 Å². The van der Waals surface area contributed by atoms with E-state index in [1.165, 1.54) is 6.92 Å². The molecule has 3 fully saturated rings. The molecule has 222 valence electrons. The quantitative estimate of drug-likeness (QED) is 0.0737. The molecule has 19 nitrogen and oxygen atoms in total. The van der Waals surface area contributed by atoms with Crippen molar-refractivity contribution in [2.75, 3.05) is 6.61 Å². The number of aliphatic imine (C=N–C) groups is 2. The Bertz CT molecular complexity index is 964. The Kier molecular flexibility index (Phi) is 9.45. The number of ketones is 1. The summed E-state index contributed by atoms with van der Waals surface area (Å²) in [6, 6.07) is -3.05. The first-order valence-electron chi connectivity index (χ1n) is 11.7. The van der Waals surface area contributed by atoms with Gasteiger partial charge in [-0.3, -0.25) is 9.59 Å². The summed E-state index contributed by atoms with van der Waals surface area (Å²) in [4.78, 5) is 32.0. The van der Waals surface area contributed by atoms with Gasteiger partial charge in [-0.25, -0.2) is 9.98 Å². The van der Waals surface area contributed by atoms with Gasteiger partial charge in [0, 0.05) is 0 Å². The smallest absolute Gasteiger partial charge is 0.221 e. The highest BCUT2D eigenvalue weighted by atomic mass is 16.8. The zero-order chi connectivity index (χ0) is 29.4. The summed E-state index contributed by atoms with van der Waals surface area (Å²) in [5, 5.41) is 72.6. The molecule has 19 heteroatoms. The molecule has 0 radical (unpaired) electrons. The van der Waals surface area contributed by atoms with Crippen molar-refractivity contribution in [1.29, 1.82) is 0 Å². The van der Waals surface area contributed by atoms with Gasteiger partial charge in [-0.1, -0.05) is 0 Å². The van der Waals surface area contributed by atoms with Crippen LogP contribution in [-0.4, -0.2) is 152 Å². The monoisotopic (exact) mass is 566 g/mol. The summed E-state index contributed by atoms with van der Waals surface area (Å²) in [5.74, 6) is -2.31. The number of carbonyl (C=O) groups is 2. The van der Waals surface area contributed by atoms with Crippen molar-refractivity contribution in [2.45, 2.75) is 92.1 Å². The molecule has 0 amide bonds. The molecular weight excluding hydrogens is 532 g/mol. The van der Waals surface area contributed by atoms with Crippen molar-refractivity contribution < 1.29 is 64.3 Å². The Hall–Kier alpha value is -2.56. The number of rotatable bonds is 8. The first kappa shape index (κ1) is 31.0. The molecule has 0 aromatic rings. The second-order valence-electron chi connectivity index (χ2n) is 9.40. The predicted octanol–water partition coefficient (Wildman–Crippen LogP) is -8.18. The van der Waals surface area contributed by atoms with E-state index >= 15 is 0 Å². The summed E-state index contributed by atoms with van der Waals surface area (Å²) < 4.78 is 21.9. The van der Waals surface area contributed by atoms with E-state index in [1.54, 1.807) is 0 Å². The van der Waals surface area contributed by atoms with E-state index in [9.17, 15) is 45.3 Å². The average Bonchev–Trinajstić information content (AvgIpc) is 3.11. The van der Waals surface area contributed by atoms with E-state index in [-0.39, 0.29) is 6.29 Å². The normalized spacial score (nSPS) is 46.5. The van der Waals surface area contributed by atoms with E-state index in [0.717, 1.165) is 0 Å². The third-order valence-electron chi connectivity index (χ3n) is 6.82. The van der Waals surface area contributed by atoms with Crippen LogP contribution in [0.4, 0.5) is 0 Å². The van der Waals surface area contributed by atoms with Crippen LogP contribution in [0.3, 0.4) is 0 Å². The lowest BCUT2D eigenvalue weighted by Crippen LogP contribution is -2.65. The van der Waals surface area contributed by atoms with E-state index < -0.39 is 110 Å². The molecule has 0 bridgehead atoms. The number of hydrogen-bond donors (Lipinski definition) is 11. The molecule has 0 spiro atoms. The van der Waals surface area contributed by atoms with Crippen LogP contribution >= 0.6 is 0 Å². The Morgan fingerprint density at radius 3 is 2.08 bits per heavy atom. The summed E-state index contributed by atoms with van der Waals surface area (Å²) in [6.45, 7) is 0.415. The first-order chi connectivity index (χ1) is 18.2. The third-order valence-corrected chi connectivity index (χ3v) is 6.82. The lowest BCUT2D eigenvalue weighted by atomic mass is 9.81. The van der Waals surface area contributed by atoms with Gasteiger partial charge in [0.1, 0.15) is 60.9 Å². The van der Waals surface area contributed by atoms with E-state index in [4.69, 9.17) is 41.9 Å². The minimum Gasteiger partial charge on any atom is -0.394 e. The van der Waals surface area contributed by atoms with Crippen LogP contribution in [0.15, 0.2) is 9.98 Å². The van der Waals surface area contributed by atoms with Gasteiger partial charge < -0.3 is 77.6 Å². The van der Waals surface area contributed by atoms with Gasteiger partial charge in [0.15, 0.2) is 30.1 Å². The van der Waals surface area contributed by atoms with Crippen LogP contribution in [-0.2, 0) is 28.5 Å². The SMILES string of the molecule is C[C@@H]1O[C@@H](O[C@H]2[C@H](O)[C@@H](O)[C@H](N=C(N)N)[C@@H](O)[C@@H]2N=C(N)N)[C@H](O[C@@H]2O[C@@H](CO)[C@H](O)[C@@H](O)C2=O)[C@@]1(O)C=O. The fraction of sp³-hybridized carbons (Fsp3) is 0.800. The van der Waals surface area contributed by atoms with Crippen LogP contribution < -0.4 is 22.9 Å². The maximum Gasteiger partial charge on any atom is 0.221 e. The van der Waals surface area contributed by atoms with Crippen molar-refractivity contribution in [3.63, 3.8) is 0 Å². The molecule has 2 saturated heterocycles. The Morgan fingerprint density at radius 1 is 0.949 bits per heavy atom. The maximum absolute atomic E-state index is 12.5. The maximum atomic E-state index is 12.5. The number of Topliss-reactive ketones (excluding diaryl/α,β-unsaturated/α-hetero) is 1. The fourth-order valence-corrected chi connectivity index (χ4v) is 4.63. The highest BCUT2D eigenvalue weighted by Crippen LogP contribution is 2.38. The lowest BCUT2D eigenvalue weighted by molar-refractivity contribution is -0.290. The summed E-state index contributed by atoms with van der Waals surface area (Å²) in [7, 11) is 0. The number of ether oxygens (including phenoxy) is 4. The molecule has 2 aliphatic heterocycles. The Balaban J connectivity index is 1.95. The summed E-state index contributed by atoms with van der Waals surface area (Å²) >= 11 is 0. The second-order valence-corrected chi connectivity index (χ2v) is 9.40. The Morgan fingerprint density at radius 2 is 1.54 bits per heavy atom. The van der Waals surface area contributed by atoms with Gasteiger partial charge in [-0.05, 0) is 6.92 Å². The molecular formula is C20H34N6O13. The molecule has 15 N–H and O–H groups in total. The number of hydrogen-bond acceptors (Lipinski definition) is 15. The highest BCUT2D eigenvalue weighted by molar-refractivity contribution is 5.87. The molecule has 14 atom stereocenters. The van der Waals surface area contributed by atoms with Gasteiger partial charge in [-0.2, -0.15) is 0 Å². The number of aliphatic hydroxyl groups excluding tert-OH is 6. The number of carbonyl (C=O) groups excluding carboxylic acids is 2. The lowest BCUT2D eigenvalue weighted by Gasteiger charge is -2.44. The minimum absolute atomic E-state index is 0.0388. The van der Waals surface area contributed by atoms with E-state index in [0.29, 0.717) is 0 Å². The van der Waals surface area contributed by atoms with Crippen LogP contribution in [0.2, 0.25) is 0 Å². The van der Waals surface area contributed by atoms with Crippen molar-refractivity contribution in [3.05, 3.63) is 0 Å². The van der Waals surface area contributed by atoms with Gasteiger partial charge in [0.25, 0.3) is 0 Å². The van der Waals surface area contributed by atoms with Crippen LogP contribution in [0.1, 0.15) is 6.92 Å². The Labute approximate surface area is 220 Å². The summed E-state index contributed by atoms with van der Waals surface area (Å²) in [5.41, 5.74) is 19.1. The molecule has 2 heterocycles. The number of aliphatic hydroxyl groups is 7. The van der Waals surface area contributed by atoms with Crippen molar-refractivity contribution in [2.24, 2.45) is 32.9 Å². The van der Waals surface area contributed by atoms with Crippen molar-refractivity contribution in [3.8, 4) is 0 Å². The molecule has 0 aromatic heterocycles. The fourth-order valence-electron chi connectivity index (χ4n) is 4.63. The molecule has 3 aliphatic rings. The topological polar surface area (TPSA) is 341 Å². The number of nitrogens with two attached hydrogens (primary N) is 4. The zero-order valence-corrected chi connectivity index (χ0v) is 20.6. The molecule has 1 aliphatic carbocycles. The van der Waals surface area contributed by atoms with Gasteiger partial charge in [0.05, 0.1) is 12.7 Å². The first-order valence-corrected chi connectivity index (χ1v) is 11.7. The molecule has 0 unspecified atom stereocenters. The van der Waals surface area contributed by atoms with Crippen LogP contribution in [0, 0.1) is 0 Å². The molecule has 0 aromatic carbocycles. The van der Waals surface area contributed by atoms with Crippen LogP contribution in [0.5, 0.6) is 0 Å². The molecule has 3 rings (SSSR count). The van der Waals surface area contributed by atoms with E-state index in [2.05, 4.69) is 9.98 Å². The largest absolute Gasteiger partial charge is 0.394 e. The van der Waals surface area contributed by atoms with Gasteiger partial charge in [-0.15, -0.1) is 0 Å². The number of aldehydes is 1. The van der Waals surface area contributed by atoms with Crippen molar-refractivity contribution in [1.82, 2.24) is 0 Å². The number of guanidine groups is 2. The van der Waals surface area contributed by atoms with E-state index in [1.807, 2.05) is 0 Å². The predicted molar refractivity (Wildman–Crippen MR) is 125 cm³/mol. The molecule has 39 heavy (non-hydrogen) atoms. The second kappa shape index (κ2) is 11.9. The molecule has 1 saturated carbocycles. The zero-order valence-electron chi connectivity index (χ0n) is 20.6. The standard InChI is InChI=1S/C20H34N6O13/c1-4-20(35,3-28)15(39-16-13(34)11(32)8(29)5(2-27)37-16)17(36-4)38-14-7(26-19(23)24)9(30)6(25-18(21)22)10(31)12(14)33/h3-12,14-17,27,29-33,35H,2H2,1H3,(H4,21,22,25)(H4,23,24,26)/t4-,5-,6+,7-,8-,9+,10-,11+,12+,14+,15-,16-,17-,20+/m0/s1. The van der Waals surface area contributed by atoms with Crippen molar-refractivity contribution >= 4 is 24.0 Å². The third kappa shape index (κ3) is 5.83.